The lowest BCUT2D eigenvalue weighted by atomic mass is 10.2. The lowest BCUT2D eigenvalue weighted by Gasteiger charge is -2.10. The molecule has 1 N–H and O–H groups in total. The van der Waals surface area contributed by atoms with Crippen molar-refractivity contribution >= 4 is 23.2 Å². The molecule has 0 aliphatic carbocycles. The number of rotatable bonds is 7. The topological polar surface area (TPSA) is 69.0 Å². The largest absolute Gasteiger partial charge is 0.494 e. The second-order valence-corrected chi connectivity index (χ2v) is 6.54. The number of amides is 1. The number of hydrogen-bond donors (Lipinski definition) is 1. The second-order valence-electron chi connectivity index (χ2n) is 6.13. The van der Waals surface area contributed by atoms with E-state index in [1.807, 2.05) is 37.3 Å². The third kappa shape index (κ3) is 4.65. The van der Waals surface area contributed by atoms with Crippen LogP contribution >= 0.6 is 11.6 Å². The molecule has 3 rings (SSSR count). The van der Waals surface area contributed by atoms with Crippen LogP contribution < -0.4 is 10.1 Å². The van der Waals surface area contributed by atoms with E-state index < -0.39 is 0 Å². The Kier molecular flexibility index (Phi) is 6.08. The summed E-state index contributed by atoms with van der Waals surface area (Å²) < 4.78 is 7.17. The molecule has 0 spiro atoms. The maximum Gasteiger partial charge on any atom is 0.277 e. The summed E-state index contributed by atoms with van der Waals surface area (Å²) in [5, 5.41) is 11.3. The van der Waals surface area contributed by atoms with E-state index in [1.54, 1.807) is 18.3 Å². The summed E-state index contributed by atoms with van der Waals surface area (Å²) >= 11 is 6.16. The van der Waals surface area contributed by atoms with Gasteiger partial charge in [-0.1, -0.05) is 42.3 Å². The van der Waals surface area contributed by atoms with Gasteiger partial charge in [-0.15, -0.1) is 5.10 Å². The van der Waals surface area contributed by atoms with Gasteiger partial charge in [-0.3, -0.25) is 4.79 Å². The minimum Gasteiger partial charge on any atom is -0.494 e. The Morgan fingerprint density at radius 1 is 1.26 bits per heavy atom. The summed E-state index contributed by atoms with van der Waals surface area (Å²) in [6, 6.07) is 12.8. The molecule has 140 valence electrons. The Morgan fingerprint density at radius 2 is 2.07 bits per heavy atom. The Labute approximate surface area is 163 Å². The average Bonchev–Trinajstić information content (AvgIpc) is 3.14. The molecule has 7 heteroatoms. The molecule has 27 heavy (non-hydrogen) atoms. The number of nitrogens with one attached hydrogen (secondary N) is 1. The number of carbonyl (C=O) groups excluding carboxylic acids is 1. The zero-order chi connectivity index (χ0) is 19.2. The number of anilines is 1. The average molecular weight is 385 g/mol. The van der Waals surface area contributed by atoms with Crippen LogP contribution in [0.1, 0.15) is 35.8 Å². The quantitative estimate of drug-likeness (QED) is 0.601. The van der Waals surface area contributed by atoms with Crippen molar-refractivity contribution in [3.63, 3.8) is 0 Å². The van der Waals surface area contributed by atoms with Crippen LogP contribution in [0.4, 0.5) is 5.69 Å². The molecule has 1 heterocycles. The fourth-order valence-electron chi connectivity index (χ4n) is 2.51. The van der Waals surface area contributed by atoms with Crippen LogP contribution in [0.25, 0.3) is 5.69 Å². The number of unbranched alkanes of at least 4 members (excludes halogenated alkanes) is 1. The molecule has 0 unspecified atom stereocenters. The SMILES string of the molecule is CCCCOc1ccc(NC(=O)c2cn(-c3ccccc3Cl)nn2)c(C)c1. The van der Waals surface area contributed by atoms with Gasteiger partial charge in [0, 0.05) is 5.69 Å². The molecule has 0 aliphatic heterocycles. The van der Waals surface area contributed by atoms with Gasteiger partial charge in [0.05, 0.1) is 23.5 Å². The van der Waals surface area contributed by atoms with Crippen LogP contribution in [0.2, 0.25) is 5.02 Å². The Balaban J connectivity index is 1.70. The monoisotopic (exact) mass is 384 g/mol. The molecule has 0 radical (unpaired) electrons. The summed E-state index contributed by atoms with van der Waals surface area (Å²) in [6.45, 7) is 4.73. The number of halogens is 1. The maximum atomic E-state index is 12.5. The van der Waals surface area contributed by atoms with Crippen molar-refractivity contribution in [2.45, 2.75) is 26.7 Å². The fourth-order valence-corrected chi connectivity index (χ4v) is 2.73. The molecule has 0 fully saturated rings. The van der Waals surface area contributed by atoms with E-state index in [2.05, 4.69) is 22.6 Å². The standard InChI is InChI=1S/C20H21ClN4O2/c1-3-4-11-27-15-9-10-17(14(2)12-15)22-20(26)18-13-25(24-23-18)19-8-6-5-7-16(19)21/h5-10,12-13H,3-4,11H2,1-2H3,(H,22,26). The first-order chi connectivity index (χ1) is 13.1. The van der Waals surface area contributed by atoms with Crippen molar-refractivity contribution in [1.29, 1.82) is 0 Å². The second kappa shape index (κ2) is 8.68. The van der Waals surface area contributed by atoms with Crippen molar-refractivity contribution in [2.75, 3.05) is 11.9 Å². The summed E-state index contributed by atoms with van der Waals surface area (Å²) in [5.41, 5.74) is 2.49. The Bertz CT molecular complexity index is 939. The van der Waals surface area contributed by atoms with Gasteiger partial charge in [-0.05, 0) is 49.2 Å². The number of benzene rings is 2. The molecule has 6 nitrogen and oxygen atoms in total. The molecular formula is C20H21ClN4O2. The van der Waals surface area contributed by atoms with Gasteiger partial charge in [0.25, 0.3) is 5.91 Å². The van der Waals surface area contributed by atoms with E-state index in [-0.39, 0.29) is 11.6 Å². The minimum atomic E-state index is -0.337. The summed E-state index contributed by atoms with van der Waals surface area (Å²) in [5.74, 6) is 0.458. The first kappa shape index (κ1) is 18.9. The third-order valence-corrected chi connectivity index (χ3v) is 4.36. The molecule has 0 bridgehead atoms. The van der Waals surface area contributed by atoms with Crippen LogP contribution in [-0.4, -0.2) is 27.5 Å². The number of hydrogen-bond acceptors (Lipinski definition) is 4. The molecule has 1 aromatic heterocycles. The Morgan fingerprint density at radius 3 is 2.81 bits per heavy atom. The van der Waals surface area contributed by atoms with Crippen molar-refractivity contribution in [3.8, 4) is 11.4 Å². The molecule has 1 amide bonds. The predicted molar refractivity (Wildman–Crippen MR) is 106 cm³/mol. The van der Waals surface area contributed by atoms with Crippen LogP contribution in [0.15, 0.2) is 48.7 Å². The zero-order valence-electron chi connectivity index (χ0n) is 15.3. The van der Waals surface area contributed by atoms with Gasteiger partial charge in [-0.25, -0.2) is 4.68 Å². The van der Waals surface area contributed by atoms with Gasteiger partial charge in [0.15, 0.2) is 5.69 Å². The number of aryl methyl sites for hydroxylation is 1. The van der Waals surface area contributed by atoms with Gasteiger partial charge in [-0.2, -0.15) is 0 Å². The van der Waals surface area contributed by atoms with Crippen LogP contribution in [0, 0.1) is 6.92 Å². The molecular weight excluding hydrogens is 364 g/mol. The molecule has 0 atom stereocenters. The number of carbonyl (C=O) groups is 1. The van der Waals surface area contributed by atoms with Crippen LogP contribution in [-0.2, 0) is 0 Å². The van der Waals surface area contributed by atoms with Crippen molar-refractivity contribution in [3.05, 3.63) is 64.9 Å². The Hall–Kier alpha value is -2.86. The van der Waals surface area contributed by atoms with Crippen LogP contribution in [0.5, 0.6) is 5.75 Å². The van der Waals surface area contributed by atoms with Crippen molar-refractivity contribution in [1.82, 2.24) is 15.0 Å². The van der Waals surface area contributed by atoms with Gasteiger partial charge in [0.2, 0.25) is 0 Å². The first-order valence-electron chi connectivity index (χ1n) is 8.80. The van der Waals surface area contributed by atoms with Crippen molar-refractivity contribution in [2.24, 2.45) is 0 Å². The van der Waals surface area contributed by atoms with E-state index >= 15 is 0 Å². The number of aromatic nitrogens is 3. The van der Waals surface area contributed by atoms with Crippen LogP contribution in [0.3, 0.4) is 0 Å². The van der Waals surface area contributed by atoms with E-state index in [9.17, 15) is 4.79 Å². The highest BCUT2D eigenvalue weighted by Crippen LogP contribution is 2.23. The first-order valence-corrected chi connectivity index (χ1v) is 9.18. The molecule has 0 saturated heterocycles. The van der Waals surface area contributed by atoms with Gasteiger partial charge in [0.1, 0.15) is 5.75 Å². The summed E-state index contributed by atoms with van der Waals surface area (Å²) in [4.78, 5) is 12.5. The molecule has 0 saturated carbocycles. The molecule has 0 aliphatic rings. The van der Waals surface area contributed by atoms with Gasteiger partial charge >= 0.3 is 0 Å². The lowest BCUT2D eigenvalue weighted by Crippen LogP contribution is -2.13. The van der Waals surface area contributed by atoms with E-state index in [1.165, 1.54) is 4.68 Å². The fraction of sp³-hybridized carbons (Fsp3) is 0.250. The third-order valence-electron chi connectivity index (χ3n) is 4.04. The highest BCUT2D eigenvalue weighted by molar-refractivity contribution is 6.32. The highest BCUT2D eigenvalue weighted by Gasteiger charge is 2.14. The van der Waals surface area contributed by atoms with E-state index in [0.29, 0.717) is 23.0 Å². The number of para-hydroxylation sites is 1. The smallest absolute Gasteiger partial charge is 0.277 e. The molecule has 3 aromatic rings. The van der Waals surface area contributed by atoms with E-state index in [0.717, 1.165) is 24.2 Å². The normalized spacial score (nSPS) is 10.6. The minimum absolute atomic E-state index is 0.206. The zero-order valence-corrected chi connectivity index (χ0v) is 16.0. The van der Waals surface area contributed by atoms with Crippen molar-refractivity contribution < 1.29 is 9.53 Å². The number of nitrogens with zero attached hydrogens (tertiary/aromatic N) is 3. The molecule has 2 aromatic carbocycles. The predicted octanol–water partition coefficient (Wildman–Crippen LogP) is 4.66. The summed E-state index contributed by atoms with van der Waals surface area (Å²) in [7, 11) is 0. The van der Waals surface area contributed by atoms with E-state index in [4.69, 9.17) is 16.3 Å². The lowest BCUT2D eigenvalue weighted by molar-refractivity contribution is 0.102. The maximum absolute atomic E-state index is 12.5. The highest BCUT2D eigenvalue weighted by atomic mass is 35.5. The summed E-state index contributed by atoms with van der Waals surface area (Å²) in [6.07, 6.45) is 3.65. The van der Waals surface area contributed by atoms with Gasteiger partial charge < -0.3 is 10.1 Å². The number of ether oxygens (including phenoxy) is 1.